The molecule has 1 atom stereocenters. The molecular weight excluding hydrogens is 242 g/mol. The van der Waals surface area contributed by atoms with Gasteiger partial charge in [-0.15, -0.1) is 0 Å². The van der Waals surface area contributed by atoms with Gasteiger partial charge in [0.1, 0.15) is 5.82 Å². The molecule has 0 saturated heterocycles. The Hall–Kier alpha value is -1.65. The van der Waals surface area contributed by atoms with Crippen LogP contribution in [0.15, 0.2) is 6.07 Å². The SMILES string of the molecule is CCC(CC1CC1)Nc1cc(C)nc(C(=O)OC)n1. The molecule has 5 heteroatoms. The van der Waals surface area contributed by atoms with Crippen LogP contribution in [0.4, 0.5) is 5.82 Å². The predicted molar refractivity (Wildman–Crippen MR) is 73.2 cm³/mol. The summed E-state index contributed by atoms with van der Waals surface area (Å²) in [6, 6.07) is 2.27. The van der Waals surface area contributed by atoms with Crippen LogP contribution < -0.4 is 5.32 Å². The first-order valence-electron chi connectivity index (χ1n) is 6.83. The molecule has 0 amide bonds. The fraction of sp³-hybridized carbons (Fsp3) is 0.643. The molecular formula is C14H21N3O2. The number of aromatic nitrogens is 2. The molecule has 2 rings (SSSR count). The quantitative estimate of drug-likeness (QED) is 0.799. The van der Waals surface area contributed by atoms with Crippen molar-refractivity contribution in [3.8, 4) is 0 Å². The number of nitrogens with one attached hydrogen (secondary N) is 1. The third-order valence-corrected chi connectivity index (χ3v) is 3.38. The zero-order valence-corrected chi connectivity index (χ0v) is 11.8. The maximum Gasteiger partial charge on any atom is 0.376 e. The van der Waals surface area contributed by atoms with E-state index in [0.717, 1.165) is 18.0 Å². The van der Waals surface area contributed by atoms with Gasteiger partial charge in [0.05, 0.1) is 7.11 Å². The van der Waals surface area contributed by atoms with Gasteiger partial charge in [0.15, 0.2) is 0 Å². The molecule has 1 N–H and O–H groups in total. The van der Waals surface area contributed by atoms with Crippen LogP contribution >= 0.6 is 0 Å². The molecule has 1 unspecified atom stereocenters. The molecule has 1 saturated carbocycles. The van der Waals surface area contributed by atoms with Crippen LogP contribution in [0.1, 0.15) is 48.9 Å². The van der Waals surface area contributed by atoms with Gasteiger partial charge >= 0.3 is 5.97 Å². The highest BCUT2D eigenvalue weighted by atomic mass is 16.5. The van der Waals surface area contributed by atoms with Crippen molar-refractivity contribution in [3.63, 3.8) is 0 Å². The molecule has 19 heavy (non-hydrogen) atoms. The number of rotatable bonds is 6. The zero-order chi connectivity index (χ0) is 13.8. The molecule has 1 fully saturated rings. The van der Waals surface area contributed by atoms with E-state index in [2.05, 4.69) is 26.9 Å². The Morgan fingerprint density at radius 3 is 2.84 bits per heavy atom. The van der Waals surface area contributed by atoms with Gasteiger partial charge in [0.25, 0.3) is 0 Å². The lowest BCUT2D eigenvalue weighted by Gasteiger charge is -2.17. The first-order valence-corrected chi connectivity index (χ1v) is 6.83. The van der Waals surface area contributed by atoms with Crippen molar-refractivity contribution in [2.75, 3.05) is 12.4 Å². The second-order valence-electron chi connectivity index (χ2n) is 5.14. The second kappa shape index (κ2) is 5.99. The van der Waals surface area contributed by atoms with E-state index in [0.29, 0.717) is 11.9 Å². The van der Waals surface area contributed by atoms with Gasteiger partial charge < -0.3 is 10.1 Å². The van der Waals surface area contributed by atoms with E-state index >= 15 is 0 Å². The van der Waals surface area contributed by atoms with Crippen LogP contribution in [0.3, 0.4) is 0 Å². The van der Waals surface area contributed by atoms with Crippen molar-refractivity contribution in [3.05, 3.63) is 17.6 Å². The lowest BCUT2D eigenvalue weighted by atomic mass is 10.1. The summed E-state index contributed by atoms with van der Waals surface area (Å²) < 4.78 is 4.66. The molecule has 1 aliphatic carbocycles. The summed E-state index contributed by atoms with van der Waals surface area (Å²) in [5, 5.41) is 3.40. The Balaban J connectivity index is 2.09. The van der Waals surface area contributed by atoms with Crippen LogP contribution in [-0.2, 0) is 4.74 Å². The van der Waals surface area contributed by atoms with Crippen molar-refractivity contribution in [2.45, 2.75) is 45.6 Å². The van der Waals surface area contributed by atoms with Crippen molar-refractivity contribution in [1.82, 2.24) is 9.97 Å². The highest BCUT2D eigenvalue weighted by Gasteiger charge is 2.25. The number of anilines is 1. The Bertz CT molecular complexity index is 458. The van der Waals surface area contributed by atoms with Crippen molar-refractivity contribution < 1.29 is 9.53 Å². The topological polar surface area (TPSA) is 64.1 Å². The Morgan fingerprint density at radius 2 is 2.26 bits per heavy atom. The maximum absolute atomic E-state index is 11.5. The highest BCUT2D eigenvalue weighted by molar-refractivity contribution is 5.85. The molecule has 0 spiro atoms. The zero-order valence-electron chi connectivity index (χ0n) is 11.8. The lowest BCUT2D eigenvalue weighted by Crippen LogP contribution is -2.21. The third-order valence-electron chi connectivity index (χ3n) is 3.38. The number of aryl methyl sites for hydroxylation is 1. The Kier molecular flexibility index (Phi) is 4.35. The van der Waals surface area contributed by atoms with E-state index in [1.807, 2.05) is 13.0 Å². The van der Waals surface area contributed by atoms with Crippen LogP contribution in [0.25, 0.3) is 0 Å². The maximum atomic E-state index is 11.5. The molecule has 1 heterocycles. The average Bonchev–Trinajstić information content (AvgIpc) is 3.20. The van der Waals surface area contributed by atoms with E-state index < -0.39 is 5.97 Å². The van der Waals surface area contributed by atoms with Gasteiger partial charge in [-0.1, -0.05) is 19.8 Å². The summed E-state index contributed by atoms with van der Waals surface area (Å²) in [7, 11) is 1.34. The largest absolute Gasteiger partial charge is 0.463 e. The van der Waals surface area contributed by atoms with Crippen LogP contribution in [-0.4, -0.2) is 29.1 Å². The fourth-order valence-corrected chi connectivity index (χ4v) is 2.12. The average molecular weight is 263 g/mol. The summed E-state index contributed by atoms with van der Waals surface area (Å²) in [4.78, 5) is 19.8. The molecule has 5 nitrogen and oxygen atoms in total. The lowest BCUT2D eigenvalue weighted by molar-refractivity contribution is 0.0586. The summed E-state index contributed by atoms with van der Waals surface area (Å²) >= 11 is 0. The monoisotopic (exact) mass is 263 g/mol. The van der Waals surface area contributed by atoms with Crippen molar-refractivity contribution in [2.24, 2.45) is 5.92 Å². The minimum atomic E-state index is -0.498. The molecule has 0 bridgehead atoms. The van der Waals surface area contributed by atoms with Gasteiger partial charge in [-0.25, -0.2) is 14.8 Å². The number of methoxy groups -OCH3 is 1. The van der Waals surface area contributed by atoms with Gasteiger partial charge in [0.2, 0.25) is 5.82 Å². The number of hydrogen-bond donors (Lipinski definition) is 1. The Labute approximate surface area is 113 Å². The van der Waals surface area contributed by atoms with E-state index in [1.165, 1.54) is 26.4 Å². The number of carbonyl (C=O) groups is 1. The number of hydrogen-bond acceptors (Lipinski definition) is 5. The van der Waals surface area contributed by atoms with Gasteiger partial charge in [-0.05, 0) is 25.7 Å². The van der Waals surface area contributed by atoms with Crippen LogP contribution in [0, 0.1) is 12.8 Å². The minimum absolute atomic E-state index is 0.117. The van der Waals surface area contributed by atoms with E-state index in [9.17, 15) is 4.79 Å². The molecule has 1 aromatic rings. The predicted octanol–water partition coefficient (Wildman–Crippen LogP) is 2.56. The Morgan fingerprint density at radius 1 is 1.53 bits per heavy atom. The molecule has 104 valence electrons. The summed E-state index contributed by atoms with van der Waals surface area (Å²) in [5.41, 5.74) is 0.763. The highest BCUT2D eigenvalue weighted by Crippen LogP contribution is 2.34. The van der Waals surface area contributed by atoms with Crippen LogP contribution in [0.5, 0.6) is 0 Å². The molecule has 0 radical (unpaired) electrons. The first kappa shape index (κ1) is 13.8. The van der Waals surface area contributed by atoms with Crippen molar-refractivity contribution >= 4 is 11.8 Å². The molecule has 0 aromatic carbocycles. The van der Waals surface area contributed by atoms with E-state index in [1.54, 1.807) is 0 Å². The van der Waals surface area contributed by atoms with Crippen LogP contribution in [0.2, 0.25) is 0 Å². The third kappa shape index (κ3) is 3.91. The number of carbonyl (C=O) groups excluding carboxylic acids is 1. The van der Waals surface area contributed by atoms with E-state index in [-0.39, 0.29) is 5.82 Å². The normalized spacial score (nSPS) is 15.9. The smallest absolute Gasteiger partial charge is 0.376 e. The number of esters is 1. The molecule has 1 aromatic heterocycles. The summed E-state index contributed by atoms with van der Waals surface area (Å²) in [6.07, 6.45) is 4.91. The minimum Gasteiger partial charge on any atom is -0.463 e. The first-order chi connectivity index (χ1) is 9.12. The molecule has 1 aliphatic rings. The van der Waals surface area contributed by atoms with Gasteiger partial charge in [-0.2, -0.15) is 0 Å². The number of nitrogens with zero attached hydrogens (tertiary/aromatic N) is 2. The number of ether oxygens (including phenoxy) is 1. The van der Waals surface area contributed by atoms with Gasteiger partial charge in [0, 0.05) is 17.8 Å². The second-order valence-corrected chi connectivity index (χ2v) is 5.14. The summed E-state index contributed by atoms with van der Waals surface area (Å²) in [5.74, 6) is 1.19. The fourth-order valence-electron chi connectivity index (χ4n) is 2.12. The van der Waals surface area contributed by atoms with Gasteiger partial charge in [-0.3, -0.25) is 0 Å². The molecule has 0 aliphatic heterocycles. The standard InChI is InChI=1S/C14H21N3O2/c1-4-11(8-10-5-6-10)16-12-7-9(2)15-13(17-12)14(18)19-3/h7,10-11H,4-6,8H2,1-3H3,(H,15,16,17). The summed E-state index contributed by atoms with van der Waals surface area (Å²) in [6.45, 7) is 4.01. The van der Waals surface area contributed by atoms with Crippen molar-refractivity contribution in [1.29, 1.82) is 0 Å². The van der Waals surface area contributed by atoms with E-state index in [4.69, 9.17) is 0 Å².